The highest BCUT2D eigenvalue weighted by Crippen LogP contribution is 2.35. The summed E-state index contributed by atoms with van der Waals surface area (Å²) in [5, 5.41) is 3.91. The Balaban J connectivity index is 2.07. The Kier molecular flexibility index (Phi) is 4.71. The van der Waals surface area contributed by atoms with Crippen molar-refractivity contribution in [2.24, 2.45) is 5.92 Å². The van der Waals surface area contributed by atoms with Crippen LogP contribution in [0.3, 0.4) is 0 Å². The van der Waals surface area contributed by atoms with Crippen molar-refractivity contribution in [3.63, 3.8) is 0 Å². The predicted octanol–water partition coefficient (Wildman–Crippen LogP) is 3.42. The van der Waals surface area contributed by atoms with E-state index in [1.807, 2.05) is 0 Å². The molecular formula is C16H32N2. The van der Waals surface area contributed by atoms with Crippen molar-refractivity contribution in [3.8, 4) is 0 Å². The van der Waals surface area contributed by atoms with E-state index in [9.17, 15) is 0 Å². The van der Waals surface area contributed by atoms with Gasteiger partial charge in [0.2, 0.25) is 0 Å². The molecule has 1 saturated heterocycles. The lowest BCUT2D eigenvalue weighted by Crippen LogP contribution is -2.66. The first kappa shape index (κ1) is 14.3. The summed E-state index contributed by atoms with van der Waals surface area (Å²) < 4.78 is 0. The predicted molar refractivity (Wildman–Crippen MR) is 78.9 cm³/mol. The van der Waals surface area contributed by atoms with Crippen molar-refractivity contribution < 1.29 is 0 Å². The van der Waals surface area contributed by atoms with E-state index in [1.165, 1.54) is 51.6 Å². The highest BCUT2D eigenvalue weighted by Gasteiger charge is 2.42. The van der Waals surface area contributed by atoms with Crippen molar-refractivity contribution in [3.05, 3.63) is 0 Å². The van der Waals surface area contributed by atoms with Crippen LogP contribution < -0.4 is 5.32 Å². The van der Waals surface area contributed by atoms with E-state index in [0.717, 1.165) is 18.0 Å². The summed E-state index contributed by atoms with van der Waals surface area (Å²) in [6.45, 7) is 12.0. The Morgan fingerprint density at radius 1 is 1.22 bits per heavy atom. The molecule has 2 aliphatic rings. The fourth-order valence-corrected chi connectivity index (χ4v) is 4.03. The topological polar surface area (TPSA) is 15.3 Å². The van der Waals surface area contributed by atoms with Crippen molar-refractivity contribution in [2.75, 3.05) is 13.1 Å². The maximum atomic E-state index is 3.91. The third kappa shape index (κ3) is 2.91. The van der Waals surface area contributed by atoms with Crippen molar-refractivity contribution in [1.82, 2.24) is 10.2 Å². The molecule has 1 saturated carbocycles. The zero-order chi connectivity index (χ0) is 13.2. The van der Waals surface area contributed by atoms with Gasteiger partial charge in [0, 0.05) is 30.7 Å². The van der Waals surface area contributed by atoms with Crippen LogP contribution in [0.5, 0.6) is 0 Å². The van der Waals surface area contributed by atoms with Crippen LogP contribution in [0.2, 0.25) is 0 Å². The fourth-order valence-electron chi connectivity index (χ4n) is 4.03. The zero-order valence-corrected chi connectivity index (χ0v) is 12.8. The number of nitrogens with one attached hydrogen (secondary N) is 1. The van der Waals surface area contributed by atoms with Crippen LogP contribution in [0.15, 0.2) is 0 Å². The zero-order valence-electron chi connectivity index (χ0n) is 12.8. The van der Waals surface area contributed by atoms with E-state index in [4.69, 9.17) is 0 Å². The number of hydrogen-bond acceptors (Lipinski definition) is 2. The van der Waals surface area contributed by atoms with Gasteiger partial charge in [-0.1, -0.05) is 40.0 Å². The van der Waals surface area contributed by atoms with E-state index in [0.29, 0.717) is 5.54 Å². The quantitative estimate of drug-likeness (QED) is 0.825. The van der Waals surface area contributed by atoms with Gasteiger partial charge in [-0.15, -0.1) is 0 Å². The molecule has 2 fully saturated rings. The van der Waals surface area contributed by atoms with Gasteiger partial charge in [-0.25, -0.2) is 0 Å². The Bertz CT molecular complexity index is 256. The van der Waals surface area contributed by atoms with E-state index < -0.39 is 0 Å². The van der Waals surface area contributed by atoms with Crippen LogP contribution in [0.25, 0.3) is 0 Å². The monoisotopic (exact) mass is 252 g/mol. The fraction of sp³-hybridized carbons (Fsp3) is 1.00. The van der Waals surface area contributed by atoms with Gasteiger partial charge in [-0.2, -0.15) is 0 Å². The van der Waals surface area contributed by atoms with Crippen LogP contribution in [0, 0.1) is 5.92 Å². The third-order valence-electron chi connectivity index (χ3n) is 5.20. The van der Waals surface area contributed by atoms with E-state index in [-0.39, 0.29) is 0 Å². The lowest BCUT2D eigenvalue weighted by Gasteiger charge is -2.50. The number of nitrogens with zero attached hydrogens (tertiary/aromatic N) is 1. The molecule has 2 rings (SSSR count). The summed E-state index contributed by atoms with van der Waals surface area (Å²) in [5.41, 5.74) is 0.466. The van der Waals surface area contributed by atoms with Gasteiger partial charge < -0.3 is 5.32 Å². The molecule has 2 unspecified atom stereocenters. The average molecular weight is 252 g/mol. The summed E-state index contributed by atoms with van der Waals surface area (Å²) in [6, 6.07) is 1.49. The summed E-state index contributed by atoms with van der Waals surface area (Å²) in [6.07, 6.45) is 8.30. The molecule has 1 spiro atoms. The lowest BCUT2D eigenvalue weighted by molar-refractivity contribution is 0.0245. The second-order valence-corrected chi connectivity index (χ2v) is 6.99. The summed E-state index contributed by atoms with van der Waals surface area (Å²) in [7, 11) is 0. The lowest BCUT2D eigenvalue weighted by atomic mass is 9.87. The molecule has 2 atom stereocenters. The smallest absolute Gasteiger partial charge is 0.0309 e. The van der Waals surface area contributed by atoms with Gasteiger partial charge >= 0.3 is 0 Å². The normalized spacial score (nSPS) is 30.2. The van der Waals surface area contributed by atoms with Crippen molar-refractivity contribution in [1.29, 1.82) is 0 Å². The van der Waals surface area contributed by atoms with Crippen LogP contribution >= 0.6 is 0 Å². The van der Waals surface area contributed by atoms with Gasteiger partial charge in [0.1, 0.15) is 0 Å². The van der Waals surface area contributed by atoms with Gasteiger partial charge in [0.25, 0.3) is 0 Å². The number of hydrogen-bond donors (Lipinski definition) is 1. The molecule has 106 valence electrons. The van der Waals surface area contributed by atoms with Crippen molar-refractivity contribution in [2.45, 2.75) is 83.8 Å². The summed E-state index contributed by atoms with van der Waals surface area (Å²) >= 11 is 0. The summed E-state index contributed by atoms with van der Waals surface area (Å²) in [4.78, 5) is 2.83. The first-order valence-electron chi connectivity index (χ1n) is 8.09. The molecule has 0 amide bonds. The van der Waals surface area contributed by atoms with Gasteiger partial charge in [0.15, 0.2) is 0 Å². The van der Waals surface area contributed by atoms with Crippen LogP contribution in [-0.4, -0.2) is 35.6 Å². The standard InChI is InChI=1S/C16H32N2/c1-5-8-14(4)18-12-16(9-6-7-10-16)17-11-15(18)13(2)3/h13-15,17H,5-12H2,1-4H3. The molecule has 1 aliphatic carbocycles. The largest absolute Gasteiger partial charge is 0.308 e. The average Bonchev–Trinajstić information content (AvgIpc) is 2.77. The Morgan fingerprint density at radius 3 is 2.44 bits per heavy atom. The highest BCUT2D eigenvalue weighted by atomic mass is 15.3. The second kappa shape index (κ2) is 5.92. The molecule has 0 aromatic carbocycles. The minimum absolute atomic E-state index is 0.466. The molecule has 1 aliphatic heterocycles. The molecule has 2 nitrogen and oxygen atoms in total. The molecule has 0 bridgehead atoms. The minimum atomic E-state index is 0.466. The first-order chi connectivity index (χ1) is 8.58. The minimum Gasteiger partial charge on any atom is -0.308 e. The molecule has 2 heteroatoms. The highest BCUT2D eigenvalue weighted by molar-refractivity contribution is 5.02. The first-order valence-corrected chi connectivity index (χ1v) is 8.09. The Morgan fingerprint density at radius 2 is 1.89 bits per heavy atom. The van der Waals surface area contributed by atoms with Crippen LogP contribution in [0.4, 0.5) is 0 Å². The molecule has 18 heavy (non-hydrogen) atoms. The van der Waals surface area contributed by atoms with Gasteiger partial charge in [-0.05, 0) is 32.1 Å². The summed E-state index contributed by atoms with van der Waals surface area (Å²) in [5.74, 6) is 0.760. The van der Waals surface area contributed by atoms with E-state index >= 15 is 0 Å². The molecule has 1 N–H and O–H groups in total. The Labute approximate surface area is 114 Å². The molecule has 1 heterocycles. The van der Waals surface area contributed by atoms with Crippen LogP contribution in [-0.2, 0) is 0 Å². The molecule has 0 aromatic rings. The van der Waals surface area contributed by atoms with E-state index in [2.05, 4.69) is 37.9 Å². The van der Waals surface area contributed by atoms with Crippen LogP contribution in [0.1, 0.15) is 66.2 Å². The second-order valence-electron chi connectivity index (χ2n) is 6.99. The maximum Gasteiger partial charge on any atom is 0.0309 e. The molecule has 0 radical (unpaired) electrons. The van der Waals surface area contributed by atoms with Gasteiger partial charge in [-0.3, -0.25) is 4.90 Å². The number of piperazine rings is 1. The SMILES string of the molecule is CCCC(C)N1CC2(CCCC2)NCC1C(C)C. The number of rotatable bonds is 4. The molecule has 0 aromatic heterocycles. The maximum absolute atomic E-state index is 3.91. The third-order valence-corrected chi connectivity index (χ3v) is 5.20. The van der Waals surface area contributed by atoms with Crippen molar-refractivity contribution >= 4 is 0 Å². The Hall–Kier alpha value is -0.0800. The van der Waals surface area contributed by atoms with E-state index in [1.54, 1.807) is 0 Å². The van der Waals surface area contributed by atoms with Gasteiger partial charge in [0.05, 0.1) is 0 Å². The molecular weight excluding hydrogens is 220 g/mol.